The number of carboxylic acid groups (broad SMARTS) is 1. The number of rotatable bonds is 7. The minimum Gasteiger partial charge on any atom is -0.481 e. The van der Waals surface area contributed by atoms with E-state index in [4.69, 9.17) is 9.84 Å². The highest BCUT2D eigenvalue weighted by molar-refractivity contribution is 5.74. The number of nitrogens with one attached hydrogen (secondary N) is 1. The second kappa shape index (κ2) is 8.74. The summed E-state index contributed by atoms with van der Waals surface area (Å²) < 4.78 is 5.51. The quantitative estimate of drug-likeness (QED) is 0.688. The molecule has 0 aromatic rings. The van der Waals surface area contributed by atoms with E-state index in [1.165, 1.54) is 0 Å². The third-order valence-corrected chi connectivity index (χ3v) is 3.22. The van der Waals surface area contributed by atoms with Crippen LogP contribution < -0.4 is 5.32 Å². The maximum Gasteiger partial charge on any atom is 0.317 e. The first-order valence-corrected chi connectivity index (χ1v) is 6.99. The number of ether oxygens (including phenoxy) is 1. The van der Waals surface area contributed by atoms with Gasteiger partial charge in [-0.1, -0.05) is 13.3 Å². The number of unbranched alkanes of at least 4 members (excludes halogenated alkanes) is 2. The highest BCUT2D eigenvalue weighted by Crippen LogP contribution is 2.08. The number of aliphatic carboxylic acids is 1. The maximum absolute atomic E-state index is 11.9. The van der Waals surface area contributed by atoms with Crippen molar-refractivity contribution in [1.82, 2.24) is 10.2 Å². The fourth-order valence-corrected chi connectivity index (χ4v) is 2.04. The molecule has 1 fully saturated rings. The third kappa shape index (κ3) is 6.42. The molecule has 1 unspecified atom stereocenters. The normalized spacial score (nSPS) is 19.2. The van der Waals surface area contributed by atoms with Gasteiger partial charge < -0.3 is 20.1 Å². The van der Waals surface area contributed by atoms with Crippen LogP contribution in [0.5, 0.6) is 0 Å². The molecule has 1 saturated heterocycles. The molecule has 1 aliphatic heterocycles. The number of amides is 2. The highest BCUT2D eigenvalue weighted by atomic mass is 16.5. The Labute approximate surface area is 114 Å². The molecule has 1 atom stereocenters. The predicted octanol–water partition coefficient (Wildman–Crippen LogP) is 1.45. The fourth-order valence-electron chi connectivity index (χ4n) is 2.04. The van der Waals surface area contributed by atoms with Crippen LogP contribution in [0, 0.1) is 0 Å². The fraction of sp³-hybridized carbons (Fsp3) is 0.846. The van der Waals surface area contributed by atoms with Gasteiger partial charge in [0.15, 0.2) is 0 Å². The Morgan fingerprint density at radius 2 is 2.16 bits per heavy atom. The number of hydrogen-bond acceptors (Lipinski definition) is 3. The van der Waals surface area contributed by atoms with Gasteiger partial charge >= 0.3 is 12.0 Å². The van der Waals surface area contributed by atoms with Crippen LogP contribution in [0.15, 0.2) is 0 Å². The van der Waals surface area contributed by atoms with Crippen molar-refractivity contribution >= 4 is 12.0 Å². The molecule has 1 aliphatic rings. The summed E-state index contributed by atoms with van der Waals surface area (Å²) in [7, 11) is 0. The van der Waals surface area contributed by atoms with Crippen molar-refractivity contribution in [3.05, 3.63) is 0 Å². The van der Waals surface area contributed by atoms with Crippen molar-refractivity contribution in [3.63, 3.8) is 0 Å². The van der Waals surface area contributed by atoms with E-state index >= 15 is 0 Å². The van der Waals surface area contributed by atoms with Crippen molar-refractivity contribution in [3.8, 4) is 0 Å². The van der Waals surface area contributed by atoms with Crippen LogP contribution in [-0.2, 0) is 9.53 Å². The number of carbonyl (C=O) groups excluding carboxylic acids is 1. The molecule has 19 heavy (non-hydrogen) atoms. The first-order chi connectivity index (χ1) is 9.13. The molecular weight excluding hydrogens is 248 g/mol. The third-order valence-electron chi connectivity index (χ3n) is 3.22. The Morgan fingerprint density at radius 1 is 1.37 bits per heavy atom. The lowest BCUT2D eigenvalue weighted by atomic mass is 10.2. The summed E-state index contributed by atoms with van der Waals surface area (Å²) in [6, 6.07) is -0.0417. The van der Waals surface area contributed by atoms with Gasteiger partial charge in [-0.05, 0) is 19.3 Å². The lowest BCUT2D eigenvalue weighted by Gasteiger charge is -2.32. The minimum atomic E-state index is -0.761. The Balaban J connectivity index is 2.08. The van der Waals surface area contributed by atoms with Crippen molar-refractivity contribution in [1.29, 1.82) is 0 Å². The average Bonchev–Trinajstić information content (AvgIpc) is 2.42. The number of morpholine rings is 1. The van der Waals surface area contributed by atoms with Gasteiger partial charge in [0.25, 0.3) is 0 Å². The van der Waals surface area contributed by atoms with Gasteiger partial charge in [0, 0.05) is 26.1 Å². The second-order valence-corrected chi connectivity index (χ2v) is 4.78. The summed E-state index contributed by atoms with van der Waals surface area (Å²) >= 11 is 0. The number of carboxylic acids is 1. The van der Waals surface area contributed by atoms with Crippen LogP contribution in [0.3, 0.4) is 0 Å². The van der Waals surface area contributed by atoms with Gasteiger partial charge in [-0.15, -0.1) is 0 Å². The molecule has 0 aliphatic carbocycles. The summed E-state index contributed by atoms with van der Waals surface area (Å²) in [6.45, 7) is 4.55. The van der Waals surface area contributed by atoms with Crippen LogP contribution >= 0.6 is 0 Å². The van der Waals surface area contributed by atoms with Gasteiger partial charge in [-0.3, -0.25) is 4.79 Å². The van der Waals surface area contributed by atoms with Crippen molar-refractivity contribution < 1.29 is 19.4 Å². The zero-order valence-electron chi connectivity index (χ0n) is 11.6. The number of hydrogen-bond donors (Lipinski definition) is 2. The molecule has 0 spiro atoms. The van der Waals surface area contributed by atoms with Crippen LogP contribution in [0.2, 0.25) is 0 Å². The summed E-state index contributed by atoms with van der Waals surface area (Å²) in [5.41, 5.74) is 0. The Hall–Kier alpha value is -1.30. The van der Waals surface area contributed by atoms with Crippen LogP contribution in [0.25, 0.3) is 0 Å². The van der Waals surface area contributed by atoms with E-state index < -0.39 is 5.97 Å². The molecule has 2 amide bonds. The van der Waals surface area contributed by atoms with E-state index in [-0.39, 0.29) is 18.6 Å². The number of carbonyl (C=O) groups is 2. The molecule has 1 heterocycles. The second-order valence-electron chi connectivity index (χ2n) is 4.78. The molecule has 6 nitrogen and oxygen atoms in total. The van der Waals surface area contributed by atoms with E-state index in [0.29, 0.717) is 32.7 Å². The predicted molar refractivity (Wildman–Crippen MR) is 71.1 cm³/mol. The first kappa shape index (κ1) is 15.8. The highest BCUT2D eigenvalue weighted by Gasteiger charge is 2.22. The summed E-state index contributed by atoms with van der Waals surface area (Å²) in [5.74, 6) is -0.761. The van der Waals surface area contributed by atoms with Crippen LogP contribution in [-0.4, -0.2) is 54.4 Å². The van der Waals surface area contributed by atoms with Crippen molar-refractivity contribution in [2.75, 3.05) is 26.2 Å². The zero-order valence-corrected chi connectivity index (χ0v) is 11.6. The Morgan fingerprint density at radius 3 is 2.84 bits per heavy atom. The molecule has 0 aromatic carbocycles. The van der Waals surface area contributed by atoms with E-state index in [1.54, 1.807) is 4.90 Å². The van der Waals surface area contributed by atoms with Gasteiger partial charge in [0.05, 0.1) is 12.7 Å². The van der Waals surface area contributed by atoms with E-state index in [1.807, 2.05) is 0 Å². The lowest BCUT2D eigenvalue weighted by Crippen LogP contribution is -2.49. The minimum absolute atomic E-state index is 0.0417. The first-order valence-electron chi connectivity index (χ1n) is 6.99. The monoisotopic (exact) mass is 272 g/mol. The van der Waals surface area contributed by atoms with Crippen LogP contribution in [0.4, 0.5) is 4.79 Å². The topological polar surface area (TPSA) is 78.9 Å². The molecule has 0 radical (unpaired) electrons. The molecule has 0 saturated carbocycles. The summed E-state index contributed by atoms with van der Waals surface area (Å²) in [4.78, 5) is 24.0. The Kier molecular flexibility index (Phi) is 7.25. The molecule has 110 valence electrons. The number of nitrogens with zero attached hydrogens (tertiary/aromatic N) is 1. The maximum atomic E-state index is 11.9. The lowest BCUT2D eigenvalue weighted by molar-refractivity contribution is -0.137. The van der Waals surface area contributed by atoms with Gasteiger partial charge in [-0.25, -0.2) is 4.79 Å². The SMILES string of the molecule is CCC1CN(C(=O)NCCCCCC(=O)O)CCO1. The Bertz CT molecular complexity index is 296. The number of urea groups is 1. The molecular formula is C13H24N2O4. The summed E-state index contributed by atoms with van der Waals surface area (Å²) in [6.07, 6.45) is 3.58. The molecule has 1 rings (SSSR count). The van der Waals surface area contributed by atoms with E-state index in [0.717, 1.165) is 19.3 Å². The van der Waals surface area contributed by atoms with E-state index in [2.05, 4.69) is 12.2 Å². The summed E-state index contributed by atoms with van der Waals surface area (Å²) in [5, 5.41) is 11.4. The van der Waals surface area contributed by atoms with Crippen LogP contribution in [0.1, 0.15) is 39.0 Å². The molecule has 0 aromatic heterocycles. The van der Waals surface area contributed by atoms with Gasteiger partial charge in [-0.2, -0.15) is 0 Å². The molecule has 6 heteroatoms. The standard InChI is InChI=1S/C13H24N2O4/c1-2-11-10-15(8-9-19-11)13(18)14-7-5-3-4-6-12(16)17/h11H,2-10H2,1H3,(H,14,18)(H,16,17). The average molecular weight is 272 g/mol. The van der Waals surface area contributed by atoms with Gasteiger partial charge in [0.2, 0.25) is 0 Å². The largest absolute Gasteiger partial charge is 0.481 e. The zero-order chi connectivity index (χ0) is 14.1. The smallest absolute Gasteiger partial charge is 0.317 e. The molecule has 2 N–H and O–H groups in total. The van der Waals surface area contributed by atoms with Crippen molar-refractivity contribution in [2.45, 2.75) is 45.1 Å². The molecule has 0 bridgehead atoms. The van der Waals surface area contributed by atoms with Crippen molar-refractivity contribution in [2.24, 2.45) is 0 Å². The van der Waals surface area contributed by atoms with Gasteiger partial charge in [0.1, 0.15) is 0 Å². The van der Waals surface area contributed by atoms with E-state index in [9.17, 15) is 9.59 Å².